The summed E-state index contributed by atoms with van der Waals surface area (Å²) in [6.07, 6.45) is 1.20. The van der Waals surface area contributed by atoms with Crippen molar-refractivity contribution in [3.8, 4) is 17.0 Å². The van der Waals surface area contributed by atoms with Gasteiger partial charge in [0, 0.05) is 23.7 Å². The molecule has 1 heterocycles. The van der Waals surface area contributed by atoms with Crippen molar-refractivity contribution in [1.82, 2.24) is 10.3 Å². The van der Waals surface area contributed by atoms with E-state index in [-0.39, 0.29) is 12.8 Å². The van der Waals surface area contributed by atoms with E-state index >= 15 is 0 Å². The van der Waals surface area contributed by atoms with Crippen LogP contribution in [0.4, 0.5) is 9.18 Å². The number of carbonyl (C=O) groups excluding carboxylic acids is 2. The number of rotatable bonds is 11. The summed E-state index contributed by atoms with van der Waals surface area (Å²) in [4.78, 5) is 28.6. The lowest BCUT2D eigenvalue weighted by Gasteiger charge is -2.28. The fourth-order valence-electron chi connectivity index (χ4n) is 4.11. The number of aldehydes is 1. The molecule has 0 radical (unpaired) electrons. The SMILES string of the molecule is COc1ccc(-c2ccc(C[C@H](NC(=O)OC(C)(C)C)[C@@H](O)C[C@H](C=O)Cc3ccccc3F)cc2)cn1. The van der Waals surface area contributed by atoms with Gasteiger partial charge in [0.2, 0.25) is 5.88 Å². The zero-order chi connectivity index (χ0) is 27.7. The number of aromatic nitrogens is 1. The summed E-state index contributed by atoms with van der Waals surface area (Å²) in [5, 5.41) is 13.9. The molecule has 3 rings (SSSR count). The minimum absolute atomic E-state index is 0.0495. The van der Waals surface area contributed by atoms with Crippen LogP contribution in [0.5, 0.6) is 5.88 Å². The van der Waals surface area contributed by atoms with Crippen LogP contribution < -0.4 is 10.1 Å². The molecule has 0 saturated carbocycles. The molecular weight excluding hydrogens is 487 g/mol. The van der Waals surface area contributed by atoms with Gasteiger partial charge in [-0.2, -0.15) is 0 Å². The number of hydrogen-bond donors (Lipinski definition) is 2. The van der Waals surface area contributed by atoms with Gasteiger partial charge in [-0.05, 0) is 68.9 Å². The number of carbonyl (C=O) groups is 2. The first-order chi connectivity index (χ1) is 18.1. The summed E-state index contributed by atoms with van der Waals surface area (Å²) in [6, 6.07) is 16.9. The third kappa shape index (κ3) is 8.66. The van der Waals surface area contributed by atoms with Gasteiger partial charge in [-0.3, -0.25) is 0 Å². The van der Waals surface area contributed by atoms with Crippen LogP contribution in [-0.2, 0) is 22.4 Å². The molecule has 1 aromatic heterocycles. The van der Waals surface area contributed by atoms with Crippen LogP contribution in [0.3, 0.4) is 0 Å². The predicted octanol–water partition coefficient (Wildman–Crippen LogP) is 5.14. The maximum absolute atomic E-state index is 14.1. The van der Waals surface area contributed by atoms with Gasteiger partial charge in [0.05, 0.1) is 19.3 Å². The molecule has 0 saturated heterocycles. The molecule has 8 heteroatoms. The Balaban J connectivity index is 1.75. The highest BCUT2D eigenvalue weighted by Crippen LogP contribution is 2.23. The van der Waals surface area contributed by atoms with Crippen molar-refractivity contribution < 1.29 is 28.6 Å². The Labute approximate surface area is 223 Å². The molecule has 0 unspecified atom stereocenters. The van der Waals surface area contributed by atoms with Crippen molar-refractivity contribution in [2.24, 2.45) is 5.92 Å². The topological polar surface area (TPSA) is 97.8 Å². The predicted molar refractivity (Wildman–Crippen MR) is 143 cm³/mol. The van der Waals surface area contributed by atoms with Crippen LogP contribution >= 0.6 is 0 Å². The van der Waals surface area contributed by atoms with Gasteiger partial charge in [-0.25, -0.2) is 14.2 Å². The molecule has 202 valence electrons. The van der Waals surface area contributed by atoms with Gasteiger partial charge in [0.25, 0.3) is 0 Å². The number of amides is 1. The standard InChI is InChI=1S/C30H35FN2O5/c1-30(2,3)38-29(36)33-26(27(35)17-21(19-34)15-23-7-5-6-8-25(23)31)16-20-9-11-22(12-10-20)24-13-14-28(37-4)32-18-24/h5-14,18-19,21,26-27,35H,15-17H2,1-4H3,(H,33,36)/t21-,26+,27+/m1/s1. The molecule has 3 atom stereocenters. The average Bonchev–Trinajstić information content (AvgIpc) is 2.88. The third-order valence-electron chi connectivity index (χ3n) is 6.03. The Morgan fingerprint density at radius 2 is 1.74 bits per heavy atom. The van der Waals surface area contributed by atoms with E-state index in [9.17, 15) is 19.1 Å². The highest BCUT2D eigenvalue weighted by molar-refractivity contribution is 5.68. The van der Waals surface area contributed by atoms with Crippen molar-refractivity contribution in [3.63, 3.8) is 0 Å². The molecule has 0 aliphatic rings. The molecule has 0 fully saturated rings. The summed E-state index contributed by atoms with van der Waals surface area (Å²) < 4.78 is 24.6. The zero-order valence-electron chi connectivity index (χ0n) is 22.2. The number of ether oxygens (including phenoxy) is 2. The number of pyridine rings is 1. The lowest BCUT2D eigenvalue weighted by atomic mass is 9.90. The van der Waals surface area contributed by atoms with E-state index < -0.39 is 35.6 Å². The summed E-state index contributed by atoms with van der Waals surface area (Å²) in [7, 11) is 1.56. The van der Waals surface area contributed by atoms with Gasteiger partial charge in [-0.1, -0.05) is 42.5 Å². The highest BCUT2D eigenvalue weighted by Gasteiger charge is 2.27. The quantitative estimate of drug-likeness (QED) is 0.339. The highest BCUT2D eigenvalue weighted by atomic mass is 19.1. The first-order valence-electron chi connectivity index (χ1n) is 12.5. The summed E-state index contributed by atoms with van der Waals surface area (Å²) in [5.74, 6) is -0.502. The van der Waals surface area contributed by atoms with Gasteiger partial charge in [-0.15, -0.1) is 0 Å². The first-order valence-corrected chi connectivity index (χ1v) is 12.5. The van der Waals surface area contributed by atoms with Crippen LogP contribution in [0.2, 0.25) is 0 Å². The number of halogens is 1. The van der Waals surface area contributed by atoms with Gasteiger partial charge < -0.3 is 24.7 Å². The number of methoxy groups -OCH3 is 1. The summed E-state index contributed by atoms with van der Waals surface area (Å²) >= 11 is 0. The van der Waals surface area contributed by atoms with Gasteiger partial charge >= 0.3 is 6.09 Å². The second-order valence-corrected chi connectivity index (χ2v) is 10.2. The Bertz CT molecular complexity index is 1190. The molecule has 7 nitrogen and oxygen atoms in total. The molecule has 1 amide bonds. The van der Waals surface area contributed by atoms with Gasteiger partial charge in [0.15, 0.2) is 0 Å². The normalized spacial score (nSPS) is 13.7. The fourth-order valence-corrected chi connectivity index (χ4v) is 4.11. The van der Waals surface area contributed by atoms with Crippen molar-refractivity contribution in [1.29, 1.82) is 0 Å². The number of nitrogens with one attached hydrogen (secondary N) is 1. The lowest BCUT2D eigenvalue weighted by Crippen LogP contribution is -2.47. The molecule has 0 bridgehead atoms. The van der Waals surface area contributed by atoms with E-state index in [1.807, 2.05) is 30.3 Å². The molecule has 0 spiro atoms. The van der Waals surface area contributed by atoms with E-state index in [0.29, 0.717) is 17.9 Å². The summed E-state index contributed by atoms with van der Waals surface area (Å²) in [5.41, 5.74) is 2.42. The third-order valence-corrected chi connectivity index (χ3v) is 6.03. The molecular formula is C30H35FN2O5. The van der Waals surface area contributed by atoms with E-state index in [4.69, 9.17) is 9.47 Å². The molecule has 2 N–H and O–H groups in total. The molecule has 0 aliphatic carbocycles. The van der Waals surface area contributed by atoms with Gasteiger partial charge in [0.1, 0.15) is 17.7 Å². The van der Waals surface area contributed by atoms with Crippen molar-refractivity contribution in [3.05, 3.63) is 83.8 Å². The van der Waals surface area contributed by atoms with Crippen molar-refractivity contribution >= 4 is 12.4 Å². The molecule has 2 aromatic carbocycles. The number of benzene rings is 2. The van der Waals surface area contributed by atoms with Crippen LogP contribution in [0.25, 0.3) is 11.1 Å². The van der Waals surface area contributed by atoms with E-state index in [1.54, 1.807) is 58.3 Å². The maximum Gasteiger partial charge on any atom is 0.407 e. The van der Waals surface area contributed by atoms with Crippen LogP contribution in [-0.4, -0.2) is 47.3 Å². The Kier molecular flexibility index (Phi) is 9.96. The Morgan fingerprint density at radius 1 is 1.05 bits per heavy atom. The van der Waals surface area contributed by atoms with Crippen LogP contribution in [0.1, 0.15) is 38.3 Å². The number of aliphatic hydroxyl groups is 1. The fraction of sp³-hybridized carbons (Fsp3) is 0.367. The number of hydrogen-bond acceptors (Lipinski definition) is 6. The number of alkyl carbamates (subject to hydrolysis) is 1. The van der Waals surface area contributed by atoms with E-state index in [2.05, 4.69) is 10.3 Å². The van der Waals surface area contributed by atoms with Crippen molar-refractivity contribution in [2.45, 2.75) is 57.8 Å². The summed E-state index contributed by atoms with van der Waals surface area (Å²) in [6.45, 7) is 5.25. The second-order valence-electron chi connectivity index (χ2n) is 10.2. The smallest absolute Gasteiger partial charge is 0.407 e. The van der Waals surface area contributed by atoms with Crippen LogP contribution in [0.15, 0.2) is 66.9 Å². The Hall–Kier alpha value is -3.78. The molecule has 0 aliphatic heterocycles. The Morgan fingerprint density at radius 3 is 2.32 bits per heavy atom. The largest absolute Gasteiger partial charge is 0.481 e. The zero-order valence-corrected chi connectivity index (χ0v) is 22.2. The monoisotopic (exact) mass is 522 g/mol. The number of nitrogens with zero attached hydrogens (tertiary/aromatic N) is 1. The number of aliphatic hydroxyl groups excluding tert-OH is 1. The first kappa shape index (κ1) is 28.8. The van der Waals surface area contributed by atoms with Crippen LogP contribution in [0, 0.1) is 11.7 Å². The second kappa shape index (κ2) is 13.1. The van der Waals surface area contributed by atoms with Crippen molar-refractivity contribution in [2.75, 3.05) is 7.11 Å². The average molecular weight is 523 g/mol. The molecule has 3 aromatic rings. The lowest BCUT2D eigenvalue weighted by molar-refractivity contribution is -0.112. The maximum atomic E-state index is 14.1. The minimum atomic E-state index is -1.07. The van der Waals surface area contributed by atoms with E-state index in [0.717, 1.165) is 23.0 Å². The molecule has 38 heavy (non-hydrogen) atoms. The minimum Gasteiger partial charge on any atom is -0.481 e. The van der Waals surface area contributed by atoms with E-state index in [1.165, 1.54) is 6.07 Å².